The zero-order valence-corrected chi connectivity index (χ0v) is 19.0. The zero-order chi connectivity index (χ0) is 24.0. The lowest BCUT2D eigenvalue weighted by Gasteiger charge is -2.25. The third-order valence-corrected chi connectivity index (χ3v) is 6.62. The van der Waals surface area contributed by atoms with Crippen molar-refractivity contribution in [2.45, 2.75) is 11.8 Å². The smallest absolute Gasteiger partial charge is 0.335 e. The highest BCUT2D eigenvalue weighted by Crippen LogP contribution is 2.28. The predicted octanol–water partition coefficient (Wildman–Crippen LogP) is 3.69. The second kappa shape index (κ2) is 10.3. The molecular formula is C23H20ClN3O5S. The number of amides is 1. The summed E-state index contributed by atoms with van der Waals surface area (Å²) in [5, 5.41) is 13.2. The average Bonchev–Trinajstić information content (AvgIpc) is 2.79. The predicted molar refractivity (Wildman–Crippen MR) is 126 cm³/mol. The van der Waals surface area contributed by atoms with Crippen molar-refractivity contribution < 1.29 is 23.1 Å². The highest BCUT2D eigenvalue weighted by molar-refractivity contribution is 7.92. The van der Waals surface area contributed by atoms with E-state index in [1.807, 2.05) is 0 Å². The van der Waals surface area contributed by atoms with Gasteiger partial charge >= 0.3 is 5.97 Å². The summed E-state index contributed by atoms with van der Waals surface area (Å²) >= 11 is 6.01. The Morgan fingerprint density at radius 2 is 1.73 bits per heavy atom. The Kier molecular flexibility index (Phi) is 7.47. The Labute approximate surface area is 196 Å². The van der Waals surface area contributed by atoms with Crippen LogP contribution in [0, 0.1) is 6.92 Å². The number of anilines is 1. The molecule has 0 fully saturated rings. The Bertz CT molecular complexity index is 1290. The van der Waals surface area contributed by atoms with Crippen molar-refractivity contribution in [1.29, 1.82) is 0 Å². The molecule has 33 heavy (non-hydrogen) atoms. The number of nitrogens with zero attached hydrogens (tertiary/aromatic N) is 2. The van der Waals surface area contributed by atoms with Gasteiger partial charge in [-0.2, -0.15) is 5.10 Å². The van der Waals surface area contributed by atoms with E-state index in [2.05, 4.69) is 10.5 Å². The van der Waals surface area contributed by atoms with Crippen LogP contribution in [-0.4, -0.2) is 38.2 Å². The molecule has 0 saturated carbocycles. The van der Waals surface area contributed by atoms with Gasteiger partial charge in [0.25, 0.3) is 15.9 Å². The van der Waals surface area contributed by atoms with Crippen LogP contribution in [0.1, 0.15) is 21.5 Å². The molecule has 3 rings (SSSR count). The maximum atomic E-state index is 13.3. The van der Waals surface area contributed by atoms with Crippen LogP contribution in [0.5, 0.6) is 0 Å². The summed E-state index contributed by atoms with van der Waals surface area (Å²) in [7, 11) is -4.05. The average molecular weight is 486 g/mol. The number of benzene rings is 3. The van der Waals surface area contributed by atoms with Crippen molar-refractivity contribution in [3.05, 3.63) is 94.5 Å². The van der Waals surface area contributed by atoms with Gasteiger partial charge in [-0.1, -0.05) is 41.9 Å². The molecule has 1 amide bonds. The second-order valence-electron chi connectivity index (χ2n) is 6.98. The van der Waals surface area contributed by atoms with E-state index in [1.54, 1.807) is 43.3 Å². The second-order valence-corrected chi connectivity index (χ2v) is 9.27. The van der Waals surface area contributed by atoms with E-state index >= 15 is 0 Å². The molecule has 0 aromatic heterocycles. The monoisotopic (exact) mass is 485 g/mol. The summed E-state index contributed by atoms with van der Waals surface area (Å²) in [5.74, 6) is -1.72. The van der Waals surface area contributed by atoms with Gasteiger partial charge in [-0.25, -0.2) is 18.6 Å². The number of carbonyl (C=O) groups is 2. The Morgan fingerprint density at radius 3 is 2.33 bits per heavy atom. The van der Waals surface area contributed by atoms with Crippen LogP contribution >= 0.6 is 11.6 Å². The van der Waals surface area contributed by atoms with Crippen LogP contribution in [0.15, 0.2) is 82.8 Å². The largest absolute Gasteiger partial charge is 0.478 e. The fourth-order valence-corrected chi connectivity index (χ4v) is 4.71. The number of carboxylic acid groups (broad SMARTS) is 1. The molecule has 170 valence electrons. The first-order chi connectivity index (χ1) is 15.7. The number of nitrogens with one attached hydrogen (secondary N) is 1. The Hall–Kier alpha value is -3.69. The lowest BCUT2D eigenvalue weighted by Crippen LogP contribution is -2.40. The van der Waals surface area contributed by atoms with Crippen LogP contribution in [0.25, 0.3) is 0 Å². The number of carboxylic acids is 1. The lowest BCUT2D eigenvalue weighted by atomic mass is 10.1. The van der Waals surface area contributed by atoms with Crippen molar-refractivity contribution in [3.8, 4) is 0 Å². The molecule has 0 radical (unpaired) electrons. The minimum atomic E-state index is -4.05. The van der Waals surface area contributed by atoms with Crippen molar-refractivity contribution >= 4 is 45.4 Å². The van der Waals surface area contributed by atoms with Crippen LogP contribution in [0.2, 0.25) is 5.02 Å². The third kappa shape index (κ3) is 5.97. The number of aryl methyl sites for hydroxylation is 1. The topological polar surface area (TPSA) is 116 Å². The fraction of sp³-hybridized carbons (Fsp3) is 0.0870. The first kappa shape index (κ1) is 24.0. The van der Waals surface area contributed by atoms with Crippen LogP contribution in [-0.2, 0) is 14.8 Å². The number of hydrazone groups is 1. The molecule has 0 atom stereocenters. The Morgan fingerprint density at radius 1 is 1.06 bits per heavy atom. The first-order valence-corrected chi connectivity index (χ1v) is 11.5. The summed E-state index contributed by atoms with van der Waals surface area (Å²) < 4.78 is 27.6. The molecule has 0 heterocycles. The van der Waals surface area contributed by atoms with Gasteiger partial charge in [0.2, 0.25) is 0 Å². The van der Waals surface area contributed by atoms with E-state index < -0.39 is 28.4 Å². The van der Waals surface area contributed by atoms with Crippen molar-refractivity contribution in [3.63, 3.8) is 0 Å². The van der Waals surface area contributed by atoms with E-state index in [9.17, 15) is 18.0 Å². The summed E-state index contributed by atoms with van der Waals surface area (Å²) in [4.78, 5) is 23.5. The SMILES string of the molecule is Cc1cc(Cl)ccc1N(CC(=O)N/N=C\c1ccc(C(=O)O)cc1)S(=O)(=O)c1ccccc1. The minimum Gasteiger partial charge on any atom is -0.478 e. The number of sulfonamides is 1. The van der Waals surface area contributed by atoms with Crippen molar-refractivity contribution in [1.82, 2.24) is 5.43 Å². The van der Waals surface area contributed by atoms with Gasteiger partial charge in [0.05, 0.1) is 22.4 Å². The minimum absolute atomic E-state index is 0.0363. The zero-order valence-electron chi connectivity index (χ0n) is 17.5. The summed E-state index contributed by atoms with van der Waals surface area (Å²) in [5.41, 5.74) is 3.88. The summed E-state index contributed by atoms with van der Waals surface area (Å²) in [6.45, 7) is 1.18. The van der Waals surface area contributed by atoms with E-state index in [1.165, 1.54) is 42.6 Å². The van der Waals surface area contributed by atoms with Crippen LogP contribution in [0.4, 0.5) is 5.69 Å². The van der Waals surface area contributed by atoms with Crippen molar-refractivity contribution in [2.75, 3.05) is 10.8 Å². The number of halogens is 1. The Balaban J connectivity index is 1.82. The lowest BCUT2D eigenvalue weighted by molar-refractivity contribution is -0.119. The maximum Gasteiger partial charge on any atom is 0.335 e. The molecule has 0 aliphatic heterocycles. The van der Waals surface area contributed by atoms with Gasteiger partial charge in [-0.15, -0.1) is 0 Å². The number of rotatable bonds is 8. The van der Waals surface area contributed by atoms with Crippen LogP contribution in [0.3, 0.4) is 0 Å². The molecule has 0 spiro atoms. The molecule has 0 saturated heterocycles. The highest BCUT2D eigenvalue weighted by Gasteiger charge is 2.28. The van der Waals surface area contributed by atoms with Gasteiger partial charge in [0.1, 0.15) is 6.54 Å². The first-order valence-electron chi connectivity index (χ1n) is 9.67. The molecule has 3 aromatic rings. The molecule has 8 nitrogen and oxygen atoms in total. The van der Waals surface area contributed by atoms with Gasteiger partial charge in [-0.3, -0.25) is 9.10 Å². The molecule has 0 bridgehead atoms. The molecular weight excluding hydrogens is 466 g/mol. The number of aromatic carboxylic acids is 1. The van der Waals surface area contributed by atoms with E-state index in [4.69, 9.17) is 16.7 Å². The van der Waals surface area contributed by atoms with Gasteiger partial charge < -0.3 is 5.11 Å². The molecule has 3 aromatic carbocycles. The number of hydrogen-bond donors (Lipinski definition) is 2. The van der Waals surface area contributed by atoms with Gasteiger partial charge in [-0.05, 0) is 60.5 Å². The third-order valence-electron chi connectivity index (χ3n) is 4.61. The molecule has 2 N–H and O–H groups in total. The van der Waals surface area contributed by atoms with E-state index in [0.717, 1.165) is 4.31 Å². The number of hydrogen-bond acceptors (Lipinski definition) is 5. The normalized spacial score (nSPS) is 11.3. The molecule has 0 aliphatic carbocycles. The number of carbonyl (C=O) groups excluding carboxylic acids is 1. The van der Waals surface area contributed by atoms with Crippen molar-refractivity contribution in [2.24, 2.45) is 5.10 Å². The summed E-state index contributed by atoms with van der Waals surface area (Å²) in [6.07, 6.45) is 1.33. The van der Waals surface area contributed by atoms with E-state index in [-0.39, 0.29) is 10.5 Å². The van der Waals surface area contributed by atoms with E-state index in [0.29, 0.717) is 21.8 Å². The molecule has 0 unspecified atom stereocenters. The van der Waals surface area contributed by atoms with Crippen LogP contribution < -0.4 is 9.73 Å². The highest BCUT2D eigenvalue weighted by atomic mass is 35.5. The fourth-order valence-electron chi connectivity index (χ4n) is 2.97. The molecule has 0 aliphatic rings. The maximum absolute atomic E-state index is 13.3. The molecule has 10 heteroatoms. The standard InChI is InChI=1S/C23H20ClN3O5S/c1-16-13-19(24)11-12-21(16)27(33(31,32)20-5-3-2-4-6-20)15-22(28)26-25-14-17-7-9-18(10-8-17)23(29)30/h2-14H,15H2,1H3,(H,26,28)(H,29,30)/b25-14-. The van der Waals surface area contributed by atoms with Gasteiger partial charge in [0, 0.05) is 5.02 Å². The summed E-state index contributed by atoms with van der Waals surface area (Å²) in [6, 6.07) is 18.4. The van der Waals surface area contributed by atoms with Gasteiger partial charge in [0.15, 0.2) is 0 Å². The quantitative estimate of drug-likeness (QED) is 0.373.